The van der Waals surface area contributed by atoms with E-state index in [-0.39, 0.29) is 16.9 Å². The molecule has 0 radical (unpaired) electrons. The van der Waals surface area contributed by atoms with Gasteiger partial charge in [-0.05, 0) is 25.0 Å². The van der Waals surface area contributed by atoms with Crippen molar-refractivity contribution in [2.24, 2.45) is 5.41 Å². The standard InChI is InChI=1S/C14H16N2O5/c17-12-7-10(1-2-11(12)16(19)20)13(18)15-5-3-14(8-15)4-6-21-9-14/h1-2,7,17H,3-6,8-9H2. The molecule has 7 heteroatoms. The maximum absolute atomic E-state index is 12.4. The number of carbonyl (C=O) groups is 1. The molecule has 1 amide bonds. The molecule has 0 saturated carbocycles. The van der Waals surface area contributed by atoms with Gasteiger partial charge < -0.3 is 14.7 Å². The molecule has 1 aromatic carbocycles. The third kappa shape index (κ3) is 2.44. The van der Waals surface area contributed by atoms with Gasteiger partial charge in [0.15, 0.2) is 5.75 Å². The molecule has 1 N–H and O–H groups in total. The summed E-state index contributed by atoms with van der Waals surface area (Å²) in [5.41, 5.74) is -0.0546. The molecule has 21 heavy (non-hydrogen) atoms. The first-order valence-corrected chi connectivity index (χ1v) is 6.85. The highest BCUT2D eigenvalue weighted by Gasteiger charge is 2.42. The largest absolute Gasteiger partial charge is 0.502 e. The van der Waals surface area contributed by atoms with Crippen molar-refractivity contribution in [2.75, 3.05) is 26.3 Å². The van der Waals surface area contributed by atoms with E-state index in [1.807, 2.05) is 0 Å². The zero-order valence-corrected chi connectivity index (χ0v) is 11.4. The van der Waals surface area contributed by atoms with Gasteiger partial charge in [0.05, 0.1) is 11.5 Å². The lowest BCUT2D eigenvalue weighted by Crippen LogP contribution is -2.32. The van der Waals surface area contributed by atoms with E-state index in [1.165, 1.54) is 6.07 Å². The summed E-state index contributed by atoms with van der Waals surface area (Å²) >= 11 is 0. The Kier molecular flexibility index (Phi) is 3.29. The molecule has 2 aliphatic rings. The molecule has 2 aliphatic heterocycles. The van der Waals surface area contributed by atoms with Gasteiger partial charge in [0.25, 0.3) is 5.91 Å². The van der Waals surface area contributed by atoms with Crippen LogP contribution in [0.15, 0.2) is 18.2 Å². The third-order valence-corrected chi connectivity index (χ3v) is 4.33. The number of hydrogen-bond donors (Lipinski definition) is 1. The predicted octanol–water partition coefficient (Wildman–Crippen LogP) is 1.55. The number of carbonyl (C=O) groups excluding carboxylic acids is 1. The molecule has 2 saturated heterocycles. The molecule has 3 rings (SSSR count). The monoisotopic (exact) mass is 292 g/mol. The minimum Gasteiger partial charge on any atom is -0.502 e. The number of phenols is 1. The number of amides is 1. The fraction of sp³-hybridized carbons (Fsp3) is 0.500. The summed E-state index contributed by atoms with van der Waals surface area (Å²) in [6, 6.07) is 3.71. The highest BCUT2D eigenvalue weighted by Crippen LogP contribution is 2.39. The van der Waals surface area contributed by atoms with Gasteiger partial charge in [0.2, 0.25) is 0 Å². The molecule has 1 atom stereocenters. The van der Waals surface area contributed by atoms with Crippen molar-refractivity contribution in [3.8, 4) is 5.75 Å². The number of benzene rings is 1. The Labute approximate surface area is 121 Å². The lowest BCUT2D eigenvalue weighted by atomic mass is 9.87. The minimum absolute atomic E-state index is 0.0679. The van der Waals surface area contributed by atoms with Gasteiger partial charge in [0, 0.05) is 36.7 Å². The van der Waals surface area contributed by atoms with Crippen LogP contribution in [-0.4, -0.2) is 47.1 Å². The van der Waals surface area contributed by atoms with Crippen LogP contribution in [0.3, 0.4) is 0 Å². The topological polar surface area (TPSA) is 92.9 Å². The van der Waals surface area contributed by atoms with Gasteiger partial charge in [-0.15, -0.1) is 0 Å². The Hall–Kier alpha value is -2.15. The van der Waals surface area contributed by atoms with Gasteiger partial charge >= 0.3 is 5.69 Å². The molecule has 2 fully saturated rings. The zero-order chi connectivity index (χ0) is 15.0. The molecular weight excluding hydrogens is 276 g/mol. The average Bonchev–Trinajstić information content (AvgIpc) is 3.08. The lowest BCUT2D eigenvalue weighted by molar-refractivity contribution is -0.385. The van der Waals surface area contributed by atoms with Gasteiger partial charge in [-0.25, -0.2) is 0 Å². The molecule has 1 aromatic rings. The number of rotatable bonds is 2. The maximum atomic E-state index is 12.4. The van der Waals surface area contributed by atoms with Crippen molar-refractivity contribution in [3.05, 3.63) is 33.9 Å². The smallest absolute Gasteiger partial charge is 0.310 e. The van der Waals surface area contributed by atoms with Crippen molar-refractivity contribution in [2.45, 2.75) is 12.8 Å². The Morgan fingerprint density at radius 2 is 2.24 bits per heavy atom. The highest BCUT2D eigenvalue weighted by atomic mass is 16.6. The fourth-order valence-electron chi connectivity index (χ4n) is 3.07. The lowest BCUT2D eigenvalue weighted by Gasteiger charge is -2.22. The molecule has 2 heterocycles. The summed E-state index contributed by atoms with van der Waals surface area (Å²) in [5.74, 6) is -0.687. The van der Waals surface area contributed by atoms with Crippen molar-refractivity contribution in [1.29, 1.82) is 0 Å². The number of phenolic OH excluding ortho intramolecular Hbond substituents is 1. The molecular formula is C14H16N2O5. The molecule has 0 aromatic heterocycles. The molecule has 0 bridgehead atoms. The van der Waals surface area contributed by atoms with E-state index < -0.39 is 16.4 Å². The van der Waals surface area contributed by atoms with Crippen LogP contribution < -0.4 is 0 Å². The zero-order valence-electron chi connectivity index (χ0n) is 11.4. The number of nitro groups is 1. The second-order valence-corrected chi connectivity index (χ2v) is 5.74. The Bertz CT molecular complexity index is 595. The quantitative estimate of drug-likeness (QED) is 0.659. The summed E-state index contributed by atoms with van der Waals surface area (Å²) < 4.78 is 5.42. The van der Waals surface area contributed by atoms with Crippen molar-refractivity contribution >= 4 is 11.6 Å². The van der Waals surface area contributed by atoms with Crippen LogP contribution in [-0.2, 0) is 4.74 Å². The average molecular weight is 292 g/mol. The van der Waals surface area contributed by atoms with Crippen LogP contribution in [0.25, 0.3) is 0 Å². The van der Waals surface area contributed by atoms with Crippen LogP contribution in [0.2, 0.25) is 0 Å². The van der Waals surface area contributed by atoms with E-state index >= 15 is 0 Å². The van der Waals surface area contributed by atoms with Crippen LogP contribution in [0.5, 0.6) is 5.75 Å². The van der Waals surface area contributed by atoms with Crippen molar-refractivity contribution in [3.63, 3.8) is 0 Å². The fourth-order valence-corrected chi connectivity index (χ4v) is 3.07. The van der Waals surface area contributed by atoms with Gasteiger partial charge in [-0.2, -0.15) is 0 Å². The minimum atomic E-state index is -0.676. The third-order valence-electron chi connectivity index (χ3n) is 4.33. The van der Waals surface area contributed by atoms with Crippen LogP contribution >= 0.6 is 0 Å². The Balaban J connectivity index is 1.77. The SMILES string of the molecule is O=C(c1ccc([N+](=O)[O-])c(O)c1)N1CCC2(CCOC2)C1. The summed E-state index contributed by atoms with van der Waals surface area (Å²) in [7, 11) is 0. The van der Waals surface area contributed by atoms with Gasteiger partial charge in [0.1, 0.15) is 0 Å². The Morgan fingerprint density at radius 3 is 2.86 bits per heavy atom. The van der Waals surface area contributed by atoms with Gasteiger partial charge in [-0.3, -0.25) is 14.9 Å². The van der Waals surface area contributed by atoms with Crippen LogP contribution in [0.4, 0.5) is 5.69 Å². The number of ether oxygens (including phenoxy) is 1. The van der Waals surface area contributed by atoms with Crippen LogP contribution in [0, 0.1) is 15.5 Å². The van der Waals surface area contributed by atoms with Crippen molar-refractivity contribution < 1.29 is 19.6 Å². The normalized spacial score (nSPS) is 24.7. The summed E-state index contributed by atoms with van der Waals surface area (Å²) in [4.78, 5) is 24.1. The van der Waals surface area contributed by atoms with Crippen molar-refractivity contribution in [1.82, 2.24) is 4.90 Å². The predicted molar refractivity (Wildman–Crippen MR) is 73.2 cm³/mol. The second-order valence-electron chi connectivity index (χ2n) is 5.74. The van der Waals surface area contributed by atoms with Gasteiger partial charge in [-0.1, -0.05) is 0 Å². The highest BCUT2D eigenvalue weighted by molar-refractivity contribution is 5.95. The molecule has 7 nitrogen and oxygen atoms in total. The number of likely N-dealkylation sites (tertiary alicyclic amines) is 1. The van der Waals surface area contributed by atoms with E-state index in [2.05, 4.69) is 0 Å². The molecule has 1 spiro atoms. The molecule has 1 unspecified atom stereocenters. The summed E-state index contributed by atoms with van der Waals surface area (Å²) in [5, 5.41) is 20.3. The van der Waals surface area contributed by atoms with E-state index in [9.17, 15) is 20.0 Å². The number of nitro benzene ring substituents is 1. The molecule has 112 valence electrons. The van der Waals surface area contributed by atoms with E-state index in [1.54, 1.807) is 4.90 Å². The first-order valence-electron chi connectivity index (χ1n) is 6.85. The Morgan fingerprint density at radius 1 is 1.43 bits per heavy atom. The first-order chi connectivity index (χ1) is 10.0. The van der Waals surface area contributed by atoms with E-state index in [4.69, 9.17) is 4.74 Å². The maximum Gasteiger partial charge on any atom is 0.310 e. The van der Waals surface area contributed by atoms with E-state index in [0.717, 1.165) is 31.6 Å². The summed E-state index contributed by atoms with van der Waals surface area (Å²) in [6.07, 6.45) is 1.87. The number of hydrogen-bond acceptors (Lipinski definition) is 5. The number of aromatic hydroxyl groups is 1. The molecule has 0 aliphatic carbocycles. The van der Waals surface area contributed by atoms with Crippen LogP contribution in [0.1, 0.15) is 23.2 Å². The second kappa shape index (κ2) is 5.00. The van der Waals surface area contributed by atoms with E-state index in [0.29, 0.717) is 19.7 Å². The number of nitrogens with zero attached hydrogens (tertiary/aromatic N) is 2. The first kappa shape index (κ1) is 13.8. The summed E-state index contributed by atoms with van der Waals surface area (Å²) in [6.45, 7) is 2.71.